The Morgan fingerprint density at radius 1 is 1.35 bits per heavy atom. The van der Waals surface area contributed by atoms with Gasteiger partial charge in [-0.3, -0.25) is 19.4 Å². The van der Waals surface area contributed by atoms with Crippen molar-refractivity contribution in [2.75, 3.05) is 6.61 Å². The maximum atomic E-state index is 12.8. The predicted molar refractivity (Wildman–Crippen MR) is 103 cm³/mol. The second-order valence-electron chi connectivity index (χ2n) is 7.39. The molecule has 1 fully saturated rings. The average Bonchev–Trinajstić information content (AvgIpc) is 2.90. The number of ether oxygens (including phenoxy) is 1. The number of aromatic nitrogens is 3. The van der Waals surface area contributed by atoms with E-state index < -0.39 is 0 Å². The topological polar surface area (TPSA) is 92.2 Å². The van der Waals surface area contributed by atoms with Crippen molar-refractivity contribution < 1.29 is 4.74 Å². The van der Waals surface area contributed by atoms with Crippen molar-refractivity contribution in [2.45, 2.75) is 50.5 Å². The van der Waals surface area contributed by atoms with Gasteiger partial charge in [0.1, 0.15) is 0 Å². The lowest BCUT2D eigenvalue weighted by atomic mass is 9.94. The van der Waals surface area contributed by atoms with E-state index in [1.54, 1.807) is 18.3 Å². The third-order valence-corrected chi connectivity index (χ3v) is 6.07. The summed E-state index contributed by atoms with van der Waals surface area (Å²) in [4.78, 5) is 32.4. The maximum Gasteiger partial charge on any atom is 0.271 e. The van der Waals surface area contributed by atoms with E-state index >= 15 is 0 Å². The minimum Gasteiger partial charge on any atom is -0.375 e. The molecule has 2 atom stereocenters. The molecule has 0 radical (unpaired) electrons. The average molecular weight is 374 g/mol. The van der Waals surface area contributed by atoms with Gasteiger partial charge in [-0.1, -0.05) is 17.8 Å². The molecule has 0 spiro atoms. The van der Waals surface area contributed by atoms with Gasteiger partial charge in [-0.15, -0.1) is 0 Å². The molecule has 0 amide bonds. The summed E-state index contributed by atoms with van der Waals surface area (Å²) in [5, 5.41) is 3.46. The first-order chi connectivity index (χ1) is 12.4. The normalized spacial score (nSPS) is 24.8. The third kappa shape index (κ3) is 2.97. The van der Waals surface area contributed by atoms with Crippen molar-refractivity contribution in [1.82, 2.24) is 14.8 Å². The molecule has 26 heavy (non-hydrogen) atoms. The molecule has 2 aliphatic rings. The van der Waals surface area contributed by atoms with Gasteiger partial charge in [-0.25, -0.2) is 4.99 Å². The van der Waals surface area contributed by atoms with Gasteiger partial charge >= 0.3 is 0 Å². The van der Waals surface area contributed by atoms with Crippen LogP contribution in [0.25, 0.3) is 0 Å². The number of aromatic amines is 2. The summed E-state index contributed by atoms with van der Waals surface area (Å²) in [5.74, 6) is 0.641. The molecule has 1 saturated heterocycles. The molecular weight excluding hydrogens is 352 g/mol. The molecule has 7 nitrogen and oxygen atoms in total. The standard InChI is InChI=1S/C18H22N4O3S/c1-10-20-15-13(14(26-10)12-5-4-7-19-16(12)23)17(24)21-22(15)11-6-8-25-18(2,3)9-11/h4-5,7,11,14H,6,8-9H2,1-3H3,(H,19,23)(H,21,24)/t11-,14-/m1/s1. The van der Waals surface area contributed by atoms with Gasteiger partial charge in [0, 0.05) is 18.4 Å². The molecule has 138 valence electrons. The fourth-order valence-electron chi connectivity index (χ4n) is 3.75. The van der Waals surface area contributed by atoms with Crippen LogP contribution in [0.1, 0.15) is 56.0 Å². The third-order valence-electron chi connectivity index (χ3n) is 4.92. The van der Waals surface area contributed by atoms with Crippen LogP contribution in [0.4, 0.5) is 5.82 Å². The lowest BCUT2D eigenvalue weighted by molar-refractivity contribution is -0.0705. The van der Waals surface area contributed by atoms with Crippen LogP contribution in [-0.2, 0) is 4.74 Å². The zero-order chi connectivity index (χ0) is 18.5. The van der Waals surface area contributed by atoms with Gasteiger partial charge in [0.05, 0.1) is 27.5 Å². The van der Waals surface area contributed by atoms with Gasteiger partial charge in [0.25, 0.3) is 11.1 Å². The van der Waals surface area contributed by atoms with Crippen LogP contribution >= 0.6 is 11.8 Å². The Kier molecular flexibility index (Phi) is 4.19. The molecule has 0 aromatic carbocycles. The Morgan fingerprint density at radius 2 is 2.15 bits per heavy atom. The van der Waals surface area contributed by atoms with E-state index in [0.29, 0.717) is 23.6 Å². The van der Waals surface area contributed by atoms with E-state index in [-0.39, 0.29) is 28.0 Å². The van der Waals surface area contributed by atoms with E-state index in [0.717, 1.165) is 17.9 Å². The molecule has 2 N–H and O–H groups in total. The molecule has 0 bridgehead atoms. The van der Waals surface area contributed by atoms with Gasteiger partial charge in [-0.2, -0.15) is 0 Å². The lowest BCUT2D eigenvalue weighted by Crippen LogP contribution is -2.35. The first-order valence-electron chi connectivity index (χ1n) is 8.73. The number of nitrogens with one attached hydrogen (secondary N) is 2. The lowest BCUT2D eigenvalue weighted by Gasteiger charge is -2.36. The SMILES string of the molecule is CC1=Nc2c(c(=O)[nH]n2[C@@H]2CCOC(C)(C)C2)[C@@H](c2ccc[nH]c2=O)S1. The first kappa shape index (κ1) is 17.4. The van der Waals surface area contributed by atoms with Gasteiger partial charge in [-0.05, 0) is 39.7 Å². The Hall–Kier alpha value is -2.06. The summed E-state index contributed by atoms with van der Waals surface area (Å²) >= 11 is 1.44. The van der Waals surface area contributed by atoms with Gasteiger partial charge < -0.3 is 9.72 Å². The summed E-state index contributed by atoms with van der Waals surface area (Å²) in [6.07, 6.45) is 3.21. The van der Waals surface area contributed by atoms with Crippen molar-refractivity contribution in [1.29, 1.82) is 0 Å². The number of nitrogens with zero attached hydrogens (tertiary/aromatic N) is 2. The van der Waals surface area contributed by atoms with E-state index in [9.17, 15) is 9.59 Å². The summed E-state index contributed by atoms with van der Waals surface area (Å²) < 4.78 is 7.69. The molecule has 0 saturated carbocycles. The molecular formula is C18H22N4O3S. The van der Waals surface area contributed by atoms with Crippen LogP contribution in [-0.4, -0.2) is 32.0 Å². The number of hydrogen-bond donors (Lipinski definition) is 2. The van der Waals surface area contributed by atoms with Gasteiger partial charge in [0.2, 0.25) is 0 Å². The van der Waals surface area contributed by atoms with Crippen LogP contribution in [0.2, 0.25) is 0 Å². The highest BCUT2D eigenvalue weighted by Crippen LogP contribution is 2.44. The molecule has 4 rings (SSSR count). The Labute approximate surface area is 154 Å². The number of thioether (sulfide) groups is 1. The number of pyridine rings is 1. The second kappa shape index (κ2) is 6.28. The fraction of sp³-hybridized carbons (Fsp3) is 0.500. The summed E-state index contributed by atoms with van der Waals surface area (Å²) in [6.45, 7) is 6.67. The molecule has 8 heteroatoms. The van der Waals surface area contributed by atoms with E-state index in [2.05, 4.69) is 28.9 Å². The molecule has 2 aliphatic heterocycles. The number of fused-ring (bicyclic) bond motifs is 1. The molecule has 2 aromatic rings. The number of H-pyrrole nitrogens is 2. The molecule has 0 aliphatic carbocycles. The zero-order valence-corrected chi connectivity index (χ0v) is 15.9. The minimum absolute atomic E-state index is 0.115. The Bertz CT molecular complexity index is 985. The van der Waals surface area contributed by atoms with E-state index in [1.165, 1.54) is 11.8 Å². The molecule has 2 aromatic heterocycles. The minimum atomic E-state index is -0.356. The van der Waals surface area contributed by atoms with E-state index in [4.69, 9.17) is 4.74 Å². The van der Waals surface area contributed by atoms with Crippen LogP contribution in [0.3, 0.4) is 0 Å². The van der Waals surface area contributed by atoms with Crippen molar-refractivity contribution in [3.05, 3.63) is 50.2 Å². The highest BCUT2D eigenvalue weighted by molar-refractivity contribution is 8.14. The molecule has 4 heterocycles. The number of aliphatic imine (C=N–C) groups is 1. The van der Waals surface area contributed by atoms with Crippen molar-refractivity contribution >= 4 is 22.6 Å². The second-order valence-corrected chi connectivity index (χ2v) is 8.68. The fourth-order valence-corrected chi connectivity index (χ4v) is 4.88. The maximum absolute atomic E-state index is 12.8. The Morgan fingerprint density at radius 3 is 2.88 bits per heavy atom. The zero-order valence-electron chi connectivity index (χ0n) is 15.0. The largest absolute Gasteiger partial charge is 0.375 e. The predicted octanol–water partition coefficient (Wildman–Crippen LogP) is 2.88. The van der Waals surface area contributed by atoms with Crippen LogP contribution in [0, 0.1) is 0 Å². The Balaban J connectivity index is 1.83. The van der Waals surface area contributed by atoms with Crippen molar-refractivity contribution in [3.63, 3.8) is 0 Å². The van der Waals surface area contributed by atoms with E-state index in [1.807, 2.05) is 11.6 Å². The number of hydrogen-bond acceptors (Lipinski definition) is 5. The van der Waals surface area contributed by atoms with Crippen molar-refractivity contribution in [2.24, 2.45) is 4.99 Å². The number of rotatable bonds is 2. The van der Waals surface area contributed by atoms with Crippen LogP contribution in [0.15, 0.2) is 32.9 Å². The summed E-state index contributed by atoms with van der Waals surface area (Å²) in [7, 11) is 0. The molecule has 0 unspecified atom stereocenters. The highest BCUT2D eigenvalue weighted by atomic mass is 32.2. The monoisotopic (exact) mass is 374 g/mol. The highest BCUT2D eigenvalue weighted by Gasteiger charge is 2.36. The van der Waals surface area contributed by atoms with Gasteiger partial charge in [0.15, 0.2) is 5.82 Å². The van der Waals surface area contributed by atoms with Crippen molar-refractivity contribution in [3.8, 4) is 0 Å². The first-order valence-corrected chi connectivity index (χ1v) is 9.61. The van der Waals surface area contributed by atoms with Crippen LogP contribution in [0.5, 0.6) is 0 Å². The summed E-state index contributed by atoms with van der Waals surface area (Å²) in [5.41, 5.74) is 0.534. The van der Waals surface area contributed by atoms with Crippen LogP contribution < -0.4 is 11.1 Å². The summed E-state index contributed by atoms with van der Waals surface area (Å²) in [6, 6.07) is 3.67. The smallest absolute Gasteiger partial charge is 0.271 e. The quantitative estimate of drug-likeness (QED) is 0.845.